The van der Waals surface area contributed by atoms with Crippen LogP contribution in [0.1, 0.15) is 20.3 Å². The summed E-state index contributed by atoms with van der Waals surface area (Å²) in [6, 6.07) is 1.80. The molecule has 0 bridgehead atoms. The molecule has 1 amide bonds. The van der Waals surface area contributed by atoms with Gasteiger partial charge < -0.3 is 0 Å². The van der Waals surface area contributed by atoms with Gasteiger partial charge in [0.05, 0.1) is 18.5 Å². The van der Waals surface area contributed by atoms with Crippen LogP contribution < -0.4 is 11.3 Å². The minimum absolute atomic E-state index is 0.0531. The molecule has 0 aliphatic carbocycles. The van der Waals surface area contributed by atoms with Gasteiger partial charge in [0.15, 0.2) is 0 Å². The molecular weight excluding hydrogens is 168 g/mol. The van der Waals surface area contributed by atoms with E-state index >= 15 is 0 Å². The van der Waals surface area contributed by atoms with Crippen LogP contribution in [0.5, 0.6) is 0 Å². The Hall–Kier alpha value is -1.12. The molecule has 0 rings (SSSR count). The molecule has 3 N–H and O–H groups in total. The number of nitriles is 1. The zero-order valence-electron chi connectivity index (χ0n) is 8.24. The van der Waals surface area contributed by atoms with E-state index in [9.17, 15) is 4.79 Å². The molecule has 0 aromatic rings. The van der Waals surface area contributed by atoms with E-state index in [-0.39, 0.29) is 18.0 Å². The van der Waals surface area contributed by atoms with E-state index in [0.717, 1.165) is 0 Å². The van der Waals surface area contributed by atoms with Crippen molar-refractivity contribution in [2.45, 2.75) is 32.4 Å². The normalized spacial score (nSPS) is 14.8. The molecule has 0 saturated carbocycles. The van der Waals surface area contributed by atoms with Gasteiger partial charge in [0.1, 0.15) is 0 Å². The summed E-state index contributed by atoms with van der Waals surface area (Å²) in [4.78, 5) is 12.9. The molecule has 5 heteroatoms. The fourth-order valence-corrected chi connectivity index (χ4v) is 0.963. The fourth-order valence-electron chi connectivity index (χ4n) is 0.963. The second-order valence-corrected chi connectivity index (χ2v) is 3.06. The summed E-state index contributed by atoms with van der Waals surface area (Å²) in [5.41, 5.74) is 2.08. The van der Waals surface area contributed by atoms with Crippen molar-refractivity contribution in [3.63, 3.8) is 0 Å². The Kier molecular flexibility index (Phi) is 5.04. The first-order valence-electron chi connectivity index (χ1n) is 4.14. The third kappa shape index (κ3) is 3.40. The minimum atomic E-state index is -0.312. The highest BCUT2D eigenvalue weighted by molar-refractivity contribution is 5.80. The molecule has 0 saturated heterocycles. The van der Waals surface area contributed by atoms with Crippen molar-refractivity contribution in [1.82, 2.24) is 10.3 Å². The molecule has 0 aromatic carbocycles. The van der Waals surface area contributed by atoms with Crippen LogP contribution in [-0.2, 0) is 4.79 Å². The van der Waals surface area contributed by atoms with Gasteiger partial charge in [0.25, 0.3) is 5.91 Å². The minimum Gasteiger partial charge on any atom is -0.293 e. The Morgan fingerprint density at radius 3 is 2.62 bits per heavy atom. The number of hydrogen-bond donors (Lipinski definition) is 2. The molecule has 13 heavy (non-hydrogen) atoms. The predicted octanol–water partition coefficient (Wildman–Crippen LogP) is -0.401. The van der Waals surface area contributed by atoms with Crippen molar-refractivity contribution in [3.8, 4) is 6.07 Å². The van der Waals surface area contributed by atoms with Crippen molar-refractivity contribution >= 4 is 5.91 Å². The summed E-state index contributed by atoms with van der Waals surface area (Å²) in [7, 11) is 1.79. The van der Waals surface area contributed by atoms with Crippen LogP contribution in [0.25, 0.3) is 0 Å². The van der Waals surface area contributed by atoms with Crippen LogP contribution >= 0.6 is 0 Å². The number of hydrogen-bond acceptors (Lipinski definition) is 4. The number of nitrogens with one attached hydrogen (secondary N) is 1. The number of hydrazine groups is 1. The van der Waals surface area contributed by atoms with Crippen LogP contribution in [0.3, 0.4) is 0 Å². The molecule has 0 aliphatic heterocycles. The van der Waals surface area contributed by atoms with Crippen LogP contribution in [-0.4, -0.2) is 29.9 Å². The number of nitrogens with zero attached hydrogens (tertiary/aromatic N) is 2. The van der Waals surface area contributed by atoms with Gasteiger partial charge in [-0.25, -0.2) is 5.84 Å². The maximum atomic E-state index is 11.1. The lowest BCUT2D eigenvalue weighted by Crippen LogP contribution is -2.48. The monoisotopic (exact) mass is 184 g/mol. The molecule has 0 aromatic heterocycles. The maximum absolute atomic E-state index is 11.1. The maximum Gasteiger partial charge on any atom is 0.250 e. The van der Waals surface area contributed by atoms with Crippen molar-refractivity contribution in [2.75, 3.05) is 7.05 Å². The predicted molar refractivity (Wildman–Crippen MR) is 49.2 cm³/mol. The number of amides is 1. The third-order valence-corrected chi connectivity index (χ3v) is 2.21. The van der Waals surface area contributed by atoms with E-state index < -0.39 is 0 Å². The lowest BCUT2D eigenvalue weighted by molar-refractivity contribution is -0.126. The van der Waals surface area contributed by atoms with E-state index in [1.54, 1.807) is 14.0 Å². The molecule has 2 unspecified atom stereocenters. The van der Waals surface area contributed by atoms with Crippen LogP contribution in [0.2, 0.25) is 0 Å². The number of nitrogens with two attached hydrogens (primary N) is 1. The Balaban J connectivity index is 4.17. The Morgan fingerprint density at radius 1 is 1.69 bits per heavy atom. The zero-order chi connectivity index (χ0) is 10.4. The third-order valence-electron chi connectivity index (χ3n) is 2.21. The molecule has 0 radical (unpaired) electrons. The van der Waals surface area contributed by atoms with Gasteiger partial charge in [-0.3, -0.25) is 15.1 Å². The molecule has 5 nitrogen and oxygen atoms in total. The highest BCUT2D eigenvalue weighted by Crippen LogP contribution is 2.05. The van der Waals surface area contributed by atoms with E-state index in [1.807, 2.05) is 11.8 Å². The number of likely N-dealkylation sites (N-methyl/N-ethyl adjacent to an activating group) is 1. The largest absolute Gasteiger partial charge is 0.293 e. The van der Waals surface area contributed by atoms with Gasteiger partial charge in [-0.15, -0.1) is 0 Å². The first-order valence-corrected chi connectivity index (χ1v) is 4.14. The lowest BCUT2D eigenvalue weighted by Gasteiger charge is -2.27. The van der Waals surface area contributed by atoms with Gasteiger partial charge >= 0.3 is 0 Å². The summed E-state index contributed by atoms with van der Waals surface area (Å²) in [5.74, 6) is 4.75. The second kappa shape index (κ2) is 5.51. The average molecular weight is 184 g/mol. The van der Waals surface area contributed by atoms with Gasteiger partial charge in [0.2, 0.25) is 0 Å². The smallest absolute Gasteiger partial charge is 0.250 e. The SMILES string of the molecule is CC(CC#N)N(C)C(C)C(=O)NN. The summed E-state index contributed by atoms with van der Waals surface area (Å²) in [6.07, 6.45) is 0.401. The van der Waals surface area contributed by atoms with Gasteiger partial charge in [0, 0.05) is 6.04 Å². The molecule has 0 heterocycles. The van der Waals surface area contributed by atoms with Crippen molar-refractivity contribution in [2.24, 2.45) is 5.84 Å². The van der Waals surface area contributed by atoms with E-state index in [1.165, 1.54) is 0 Å². The highest BCUT2D eigenvalue weighted by atomic mass is 16.2. The van der Waals surface area contributed by atoms with E-state index in [0.29, 0.717) is 6.42 Å². The molecule has 0 aliphatic rings. The van der Waals surface area contributed by atoms with Crippen molar-refractivity contribution < 1.29 is 4.79 Å². The van der Waals surface area contributed by atoms with Gasteiger partial charge in [-0.05, 0) is 20.9 Å². The first kappa shape index (κ1) is 11.9. The second-order valence-electron chi connectivity index (χ2n) is 3.06. The van der Waals surface area contributed by atoms with Gasteiger partial charge in [-0.1, -0.05) is 0 Å². The Labute approximate surface area is 78.5 Å². The van der Waals surface area contributed by atoms with Gasteiger partial charge in [-0.2, -0.15) is 5.26 Å². The zero-order valence-corrected chi connectivity index (χ0v) is 8.24. The summed E-state index contributed by atoms with van der Waals surface area (Å²) < 4.78 is 0. The van der Waals surface area contributed by atoms with Crippen molar-refractivity contribution in [3.05, 3.63) is 0 Å². The lowest BCUT2D eigenvalue weighted by atomic mass is 10.1. The average Bonchev–Trinajstić information content (AvgIpc) is 2.14. The Morgan fingerprint density at radius 2 is 2.23 bits per heavy atom. The van der Waals surface area contributed by atoms with Crippen LogP contribution in [0, 0.1) is 11.3 Å². The van der Waals surface area contributed by atoms with Crippen LogP contribution in [0.4, 0.5) is 0 Å². The fraction of sp³-hybridized carbons (Fsp3) is 0.750. The quantitative estimate of drug-likeness (QED) is 0.354. The topological polar surface area (TPSA) is 82.2 Å². The van der Waals surface area contributed by atoms with E-state index in [4.69, 9.17) is 11.1 Å². The summed E-state index contributed by atoms with van der Waals surface area (Å²) in [5, 5.41) is 8.46. The molecule has 2 atom stereocenters. The van der Waals surface area contributed by atoms with Crippen LogP contribution in [0.15, 0.2) is 0 Å². The van der Waals surface area contributed by atoms with Crippen molar-refractivity contribution in [1.29, 1.82) is 5.26 Å². The highest BCUT2D eigenvalue weighted by Gasteiger charge is 2.20. The Bertz CT molecular complexity index is 211. The molecule has 0 fully saturated rings. The molecule has 74 valence electrons. The number of rotatable bonds is 4. The number of carbonyl (C=O) groups excluding carboxylic acids is 1. The summed E-state index contributed by atoms with van der Waals surface area (Å²) in [6.45, 7) is 3.64. The molecule has 0 spiro atoms. The molecular formula is C8H16N4O. The standard InChI is InChI=1S/C8H16N4O/c1-6(4-5-9)12(3)7(2)8(13)11-10/h6-7H,4,10H2,1-3H3,(H,11,13). The summed E-state index contributed by atoms with van der Waals surface area (Å²) >= 11 is 0. The number of carbonyl (C=O) groups is 1. The van der Waals surface area contributed by atoms with E-state index in [2.05, 4.69) is 11.5 Å². The first-order chi connectivity index (χ1) is 6.04.